The Bertz CT molecular complexity index is 320. The van der Waals surface area contributed by atoms with Crippen LogP contribution in [0.15, 0.2) is 11.7 Å². The molecule has 0 aromatic carbocycles. The van der Waals surface area contributed by atoms with Crippen LogP contribution in [0, 0.1) is 6.92 Å². The van der Waals surface area contributed by atoms with Crippen molar-refractivity contribution in [1.29, 1.82) is 0 Å². The van der Waals surface area contributed by atoms with Crippen molar-refractivity contribution >= 4 is 21.7 Å². The van der Waals surface area contributed by atoms with Gasteiger partial charge >= 0.3 is 0 Å². The molecule has 0 radical (unpaired) electrons. The Balaban J connectivity index is 2.99. The van der Waals surface area contributed by atoms with E-state index >= 15 is 0 Å². The third-order valence-electron chi connectivity index (χ3n) is 1.35. The van der Waals surface area contributed by atoms with Gasteiger partial charge in [-0.25, -0.2) is 4.98 Å². The predicted octanol–water partition coefficient (Wildman–Crippen LogP) is 1.93. The zero-order chi connectivity index (χ0) is 6.27. The first-order valence-corrected chi connectivity index (χ1v) is 3.63. The van der Waals surface area contributed by atoms with E-state index in [0.29, 0.717) is 0 Å². The van der Waals surface area contributed by atoms with Crippen LogP contribution in [0.1, 0.15) is 5.56 Å². The number of thiophene rings is 1. The summed E-state index contributed by atoms with van der Waals surface area (Å²) in [6.45, 7) is 2.08. The van der Waals surface area contributed by atoms with Crippen molar-refractivity contribution in [3.05, 3.63) is 17.3 Å². The molecule has 2 nitrogen and oxygen atoms in total. The van der Waals surface area contributed by atoms with Crippen LogP contribution in [0.3, 0.4) is 0 Å². The Hall–Kier alpha value is -0.830. The number of rotatable bonds is 0. The van der Waals surface area contributed by atoms with Gasteiger partial charge in [-0.3, -0.25) is 0 Å². The fourth-order valence-corrected chi connectivity index (χ4v) is 1.71. The fraction of sp³-hybridized carbons (Fsp3) is 0.167. The summed E-state index contributed by atoms with van der Waals surface area (Å²) in [4.78, 5) is 8.27. The van der Waals surface area contributed by atoms with E-state index in [1.807, 2.05) is 0 Å². The van der Waals surface area contributed by atoms with Gasteiger partial charge in [0.05, 0.1) is 11.8 Å². The Morgan fingerprint density at radius 2 is 2.56 bits per heavy atom. The minimum absolute atomic E-state index is 1.10. The molecule has 2 aromatic heterocycles. The monoisotopic (exact) mass is 138 g/mol. The van der Waals surface area contributed by atoms with Crippen molar-refractivity contribution in [2.75, 3.05) is 0 Å². The van der Waals surface area contributed by atoms with Crippen LogP contribution in [0.5, 0.6) is 0 Å². The van der Waals surface area contributed by atoms with E-state index in [-0.39, 0.29) is 0 Å². The number of hydrogen-bond acceptors (Lipinski definition) is 2. The molecule has 9 heavy (non-hydrogen) atoms. The summed E-state index contributed by atoms with van der Waals surface area (Å²) >= 11 is 1.68. The standard InChI is InChI=1S/C6H6N2S/c1-4-2-9-6-5(4)7-3-8-6/h2-3H,1H3,(H,7,8). The van der Waals surface area contributed by atoms with E-state index in [2.05, 4.69) is 22.3 Å². The SMILES string of the molecule is Cc1csc2nc[nH]c12. The van der Waals surface area contributed by atoms with Crippen molar-refractivity contribution in [1.82, 2.24) is 9.97 Å². The first-order chi connectivity index (χ1) is 4.38. The molecule has 0 saturated carbocycles. The molecule has 2 heterocycles. The molecule has 0 unspecified atom stereocenters. The maximum absolute atomic E-state index is 4.10. The molecule has 0 atom stereocenters. The summed E-state index contributed by atoms with van der Waals surface area (Å²) in [6.07, 6.45) is 1.73. The second kappa shape index (κ2) is 1.57. The summed E-state index contributed by atoms with van der Waals surface area (Å²) in [5.74, 6) is 0. The number of H-pyrrole nitrogens is 1. The number of aromatic amines is 1. The number of nitrogens with zero attached hydrogens (tertiary/aromatic N) is 1. The second-order valence-electron chi connectivity index (χ2n) is 2.00. The lowest BCUT2D eigenvalue weighted by atomic mass is 10.4. The van der Waals surface area contributed by atoms with Gasteiger partial charge in [0.2, 0.25) is 0 Å². The van der Waals surface area contributed by atoms with Gasteiger partial charge < -0.3 is 4.98 Å². The molecule has 46 valence electrons. The quantitative estimate of drug-likeness (QED) is 0.592. The molecule has 0 saturated heterocycles. The lowest BCUT2D eigenvalue weighted by Gasteiger charge is -1.76. The molecule has 3 heteroatoms. The molecule has 0 spiro atoms. The average molecular weight is 138 g/mol. The molecule has 0 aliphatic rings. The zero-order valence-electron chi connectivity index (χ0n) is 5.01. The molecule has 0 amide bonds. The summed E-state index contributed by atoms with van der Waals surface area (Å²) in [5.41, 5.74) is 2.47. The van der Waals surface area contributed by atoms with Crippen LogP contribution >= 0.6 is 11.3 Å². The van der Waals surface area contributed by atoms with Crippen LogP contribution in [0.4, 0.5) is 0 Å². The molecular formula is C6H6N2S. The average Bonchev–Trinajstić information content (AvgIpc) is 2.35. The highest BCUT2D eigenvalue weighted by molar-refractivity contribution is 7.16. The fourth-order valence-electron chi connectivity index (χ4n) is 0.857. The minimum atomic E-state index is 1.10. The summed E-state index contributed by atoms with van der Waals surface area (Å²) in [7, 11) is 0. The van der Waals surface area contributed by atoms with Crippen molar-refractivity contribution in [2.45, 2.75) is 6.92 Å². The molecule has 2 aromatic rings. The van der Waals surface area contributed by atoms with E-state index in [9.17, 15) is 0 Å². The van der Waals surface area contributed by atoms with Gasteiger partial charge in [-0.15, -0.1) is 11.3 Å². The Morgan fingerprint density at radius 3 is 3.33 bits per heavy atom. The lowest BCUT2D eigenvalue weighted by Crippen LogP contribution is -1.62. The third-order valence-corrected chi connectivity index (χ3v) is 2.35. The van der Waals surface area contributed by atoms with E-state index in [0.717, 1.165) is 4.83 Å². The van der Waals surface area contributed by atoms with E-state index in [1.54, 1.807) is 17.7 Å². The highest BCUT2D eigenvalue weighted by Gasteiger charge is 1.98. The first kappa shape index (κ1) is 4.99. The highest BCUT2D eigenvalue weighted by Crippen LogP contribution is 2.20. The van der Waals surface area contributed by atoms with Gasteiger partial charge in [0.25, 0.3) is 0 Å². The summed E-state index contributed by atoms with van der Waals surface area (Å²) < 4.78 is 0. The molecule has 0 bridgehead atoms. The van der Waals surface area contributed by atoms with Crippen LogP contribution < -0.4 is 0 Å². The molecule has 2 rings (SSSR count). The van der Waals surface area contributed by atoms with Gasteiger partial charge in [0.15, 0.2) is 0 Å². The highest BCUT2D eigenvalue weighted by atomic mass is 32.1. The van der Waals surface area contributed by atoms with E-state index < -0.39 is 0 Å². The number of imidazole rings is 1. The number of aromatic nitrogens is 2. The Labute approximate surface area is 56.5 Å². The van der Waals surface area contributed by atoms with Gasteiger partial charge in [-0.1, -0.05) is 0 Å². The number of aryl methyl sites for hydroxylation is 1. The minimum Gasteiger partial charge on any atom is -0.344 e. The summed E-state index contributed by atoms with van der Waals surface area (Å²) in [5, 5.41) is 2.11. The topological polar surface area (TPSA) is 28.7 Å². The number of hydrogen-bond donors (Lipinski definition) is 1. The maximum atomic E-state index is 4.10. The van der Waals surface area contributed by atoms with Gasteiger partial charge in [0.1, 0.15) is 4.83 Å². The molecule has 0 fully saturated rings. The van der Waals surface area contributed by atoms with E-state index in [4.69, 9.17) is 0 Å². The summed E-state index contributed by atoms with van der Waals surface area (Å²) in [6, 6.07) is 0. The third kappa shape index (κ3) is 0.580. The largest absolute Gasteiger partial charge is 0.344 e. The van der Waals surface area contributed by atoms with Crippen molar-refractivity contribution in [3.8, 4) is 0 Å². The van der Waals surface area contributed by atoms with Crippen LogP contribution in [0.2, 0.25) is 0 Å². The molecule has 0 aliphatic carbocycles. The smallest absolute Gasteiger partial charge is 0.141 e. The zero-order valence-corrected chi connectivity index (χ0v) is 5.83. The first-order valence-electron chi connectivity index (χ1n) is 2.75. The van der Waals surface area contributed by atoms with E-state index in [1.165, 1.54) is 11.1 Å². The van der Waals surface area contributed by atoms with Crippen molar-refractivity contribution < 1.29 is 0 Å². The van der Waals surface area contributed by atoms with Crippen LogP contribution in [-0.2, 0) is 0 Å². The maximum Gasteiger partial charge on any atom is 0.141 e. The normalized spacial score (nSPS) is 10.8. The van der Waals surface area contributed by atoms with Crippen molar-refractivity contribution in [3.63, 3.8) is 0 Å². The van der Waals surface area contributed by atoms with Gasteiger partial charge in [-0.2, -0.15) is 0 Å². The molecular weight excluding hydrogens is 132 g/mol. The van der Waals surface area contributed by atoms with Gasteiger partial charge in [-0.05, 0) is 17.9 Å². The van der Waals surface area contributed by atoms with Crippen molar-refractivity contribution in [2.24, 2.45) is 0 Å². The van der Waals surface area contributed by atoms with Gasteiger partial charge in [0, 0.05) is 0 Å². The number of nitrogens with one attached hydrogen (secondary N) is 1. The Morgan fingerprint density at radius 1 is 1.67 bits per heavy atom. The second-order valence-corrected chi connectivity index (χ2v) is 2.86. The molecule has 0 aliphatic heterocycles. The molecule has 1 N–H and O–H groups in total. The Kier molecular flexibility index (Phi) is 0.873. The lowest BCUT2D eigenvalue weighted by molar-refractivity contribution is 1.34. The predicted molar refractivity (Wildman–Crippen MR) is 38.7 cm³/mol. The van der Waals surface area contributed by atoms with Crippen LogP contribution in [0.25, 0.3) is 10.3 Å². The number of fused-ring (bicyclic) bond motifs is 1. The van der Waals surface area contributed by atoms with Crippen LogP contribution in [-0.4, -0.2) is 9.97 Å².